The maximum absolute atomic E-state index is 14.1. The largest absolute Gasteiger partial charge is 0.458 e. The van der Waals surface area contributed by atoms with E-state index in [9.17, 15) is 14.4 Å². The van der Waals surface area contributed by atoms with Crippen molar-refractivity contribution in [1.82, 2.24) is 9.88 Å². The van der Waals surface area contributed by atoms with Gasteiger partial charge in [-0.2, -0.15) is 4.89 Å². The second-order valence-electron chi connectivity index (χ2n) is 10.2. The van der Waals surface area contributed by atoms with Crippen LogP contribution in [0.2, 0.25) is 0 Å². The third-order valence-electron chi connectivity index (χ3n) is 7.02. The second-order valence-corrected chi connectivity index (χ2v) is 11.7. The predicted molar refractivity (Wildman–Crippen MR) is 166 cm³/mol. The van der Waals surface area contributed by atoms with E-state index < -0.39 is 41.0 Å². The zero-order valence-electron chi connectivity index (χ0n) is 23.8. The van der Waals surface area contributed by atoms with Crippen LogP contribution in [0.3, 0.4) is 0 Å². The molecule has 3 aromatic rings. The van der Waals surface area contributed by atoms with E-state index in [-0.39, 0.29) is 23.1 Å². The number of aromatic nitrogens is 1. The standard InChI is InChI=1S/C33H29ClN2O7S/c1-4-17-40-31(38)24-15-16-35-25(18-24)19-26-29(37)36-28(33(3,20-44-30(26)36)43-42-21(2)34)32(39)41-27(22-11-7-5-8-12-22)23-13-9-6-10-14-23/h4-16,18-19,27-28,30H,1-2,17,20H2,3H3/t28-,30?,33?/m0/s1. The number of pyridine rings is 1. The van der Waals surface area contributed by atoms with E-state index in [0.29, 0.717) is 11.3 Å². The van der Waals surface area contributed by atoms with Gasteiger partial charge in [-0.15, -0.1) is 11.8 Å². The van der Waals surface area contributed by atoms with Crippen LogP contribution in [0.4, 0.5) is 0 Å². The molecule has 0 saturated carbocycles. The molecule has 5 rings (SSSR count). The molecule has 9 nitrogen and oxygen atoms in total. The van der Waals surface area contributed by atoms with Crippen LogP contribution >= 0.6 is 23.4 Å². The van der Waals surface area contributed by atoms with Crippen molar-refractivity contribution < 1.29 is 33.6 Å². The van der Waals surface area contributed by atoms with Crippen LogP contribution in [-0.2, 0) is 28.8 Å². The summed E-state index contributed by atoms with van der Waals surface area (Å²) in [5.74, 6) is -1.40. The number of thioether (sulfide) groups is 1. The van der Waals surface area contributed by atoms with Gasteiger partial charge < -0.3 is 19.3 Å². The Morgan fingerprint density at radius 2 is 1.80 bits per heavy atom. The van der Waals surface area contributed by atoms with Gasteiger partial charge in [-0.05, 0) is 54.4 Å². The van der Waals surface area contributed by atoms with Gasteiger partial charge in [0.15, 0.2) is 17.7 Å². The summed E-state index contributed by atoms with van der Waals surface area (Å²) in [6.45, 7) is 8.74. The van der Waals surface area contributed by atoms with E-state index in [4.69, 9.17) is 30.8 Å². The lowest BCUT2D eigenvalue weighted by Crippen LogP contribution is -2.71. The number of nitrogens with zero attached hydrogens (tertiary/aromatic N) is 2. The van der Waals surface area contributed by atoms with Crippen LogP contribution in [0.15, 0.2) is 109 Å². The Morgan fingerprint density at radius 3 is 2.41 bits per heavy atom. The first-order valence-electron chi connectivity index (χ1n) is 13.6. The third kappa shape index (κ3) is 6.57. The second kappa shape index (κ2) is 13.5. The van der Waals surface area contributed by atoms with Gasteiger partial charge >= 0.3 is 11.9 Å². The maximum atomic E-state index is 14.1. The highest BCUT2D eigenvalue weighted by Crippen LogP contribution is 2.48. The molecule has 3 atom stereocenters. The number of carbonyl (C=O) groups is 3. The number of halogens is 1. The molecule has 3 heterocycles. The summed E-state index contributed by atoms with van der Waals surface area (Å²) in [5.41, 5.74) is 1.25. The SMILES string of the molecule is C=CCOC(=O)c1ccnc(C=C2C(=O)N3C2SCC(C)(OOC(=C)Cl)[C@@H]3C(=O)OC(c2ccccc2)c2ccccc2)c1. The summed E-state index contributed by atoms with van der Waals surface area (Å²) in [4.78, 5) is 56.6. The van der Waals surface area contributed by atoms with Crippen molar-refractivity contribution in [3.8, 4) is 0 Å². The van der Waals surface area contributed by atoms with E-state index in [2.05, 4.69) is 18.1 Å². The number of β-lactam (4-membered cyclic amide) rings is 1. The van der Waals surface area contributed by atoms with E-state index >= 15 is 0 Å². The number of benzene rings is 2. The normalized spacial score (nSPS) is 21.7. The maximum Gasteiger partial charge on any atom is 0.338 e. The molecule has 1 amide bonds. The van der Waals surface area contributed by atoms with E-state index in [1.807, 2.05) is 60.7 Å². The van der Waals surface area contributed by atoms with Gasteiger partial charge in [-0.3, -0.25) is 9.78 Å². The average Bonchev–Trinajstić information content (AvgIpc) is 3.04. The van der Waals surface area contributed by atoms with E-state index in [1.165, 1.54) is 41.1 Å². The highest BCUT2D eigenvalue weighted by Gasteiger charge is 2.61. The van der Waals surface area contributed by atoms with Crippen molar-refractivity contribution in [2.45, 2.75) is 30.0 Å². The van der Waals surface area contributed by atoms with Crippen LogP contribution in [0.5, 0.6) is 0 Å². The minimum Gasteiger partial charge on any atom is -0.458 e. The van der Waals surface area contributed by atoms with Gasteiger partial charge in [0.2, 0.25) is 5.22 Å². The van der Waals surface area contributed by atoms with Crippen LogP contribution in [0, 0.1) is 0 Å². The van der Waals surface area contributed by atoms with Crippen molar-refractivity contribution in [3.05, 3.63) is 131 Å². The summed E-state index contributed by atoms with van der Waals surface area (Å²) >= 11 is 7.19. The van der Waals surface area contributed by atoms with Crippen molar-refractivity contribution in [1.29, 1.82) is 0 Å². The lowest BCUT2D eigenvalue weighted by Gasteiger charge is -2.54. The number of fused-ring (bicyclic) bond motifs is 1. The number of esters is 2. The van der Waals surface area contributed by atoms with Crippen molar-refractivity contribution in [3.63, 3.8) is 0 Å². The summed E-state index contributed by atoms with van der Waals surface area (Å²) in [5, 5.41) is -0.744. The average molecular weight is 633 g/mol. The number of ether oxygens (including phenoxy) is 2. The Labute approximate surface area is 264 Å². The first kappa shape index (κ1) is 31.1. The Bertz CT molecular complexity index is 1560. The molecule has 1 aromatic heterocycles. The zero-order chi connectivity index (χ0) is 31.3. The van der Waals surface area contributed by atoms with Gasteiger partial charge in [0, 0.05) is 11.9 Å². The molecule has 2 aliphatic heterocycles. The summed E-state index contributed by atoms with van der Waals surface area (Å²) < 4.78 is 11.3. The van der Waals surface area contributed by atoms with Gasteiger partial charge in [0.05, 0.1) is 16.8 Å². The molecule has 0 N–H and O–H groups in total. The molecule has 226 valence electrons. The smallest absolute Gasteiger partial charge is 0.338 e. The minimum atomic E-state index is -1.34. The molecular weight excluding hydrogens is 604 g/mol. The Balaban J connectivity index is 1.45. The number of carbonyl (C=O) groups excluding carboxylic acids is 3. The summed E-state index contributed by atoms with van der Waals surface area (Å²) in [7, 11) is 0. The van der Waals surface area contributed by atoms with Gasteiger partial charge in [-0.25, -0.2) is 9.59 Å². The fourth-order valence-electron chi connectivity index (χ4n) is 4.99. The van der Waals surface area contributed by atoms with E-state index in [0.717, 1.165) is 11.1 Å². The number of hydrogen-bond acceptors (Lipinski definition) is 9. The highest BCUT2D eigenvalue weighted by molar-refractivity contribution is 8.00. The molecule has 2 aliphatic rings. The summed E-state index contributed by atoms with van der Waals surface area (Å²) in [6, 6.07) is 20.5. The fourth-order valence-corrected chi connectivity index (χ4v) is 6.44. The third-order valence-corrected chi connectivity index (χ3v) is 8.62. The van der Waals surface area contributed by atoms with Crippen LogP contribution < -0.4 is 0 Å². The molecule has 11 heteroatoms. The number of hydrogen-bond donors (Lipinski definition) is 0. The Hall–Kier alpha value is -4.38. The zero-order valence-corrected chi connectivity index (χ0v) is 25.3. The Kier molecular flexibility index (Phi) is 9.53. The monoisotopic (exact) mass is 632 g/mol. The number of amides is 1. The molecule has 44 heavy (non-hydrogen) atoms. The van der Waals surface area contributed by atoms with Crippen LogP contribution in [-0.4, -0.2) is 57.1 Å². The van der Waals surface area contributed by atoms with Crippen molar-refractivity contribution >= 4 is 47.3 Å². The number of rotatable bonds is 11. The molecule has 2 unspecified atom stereocenters. The molecule has 0 radical (unpaired) electrons. The quantitative estimate of drug-likeness (QED) is 0.0490. The molecule has 2 fully saturated rings. The molecular formula is C33H29ClN2O7S. The molecule has 0 aliphatic carbocycles. The molecule has 0 bridgehead atoms. The minimum absolute atomic E-state index is 0.0677. The van der Waals surface area contributed by atoms with Crippen LogP contribution in [0.25, 0.3) is 6.08 Å². The van der Waals surface area contributed by atoms with Gasteiger partial charge in [-0.1, -0.05) is 73.3 Å². The highest BCUT2D eigenvalue weighted by atomic mass is 35.5. The van der Waals surface area contributed by atoms with Crippen molar-refractivity contribution in [2.24, 2.45) is 0 Å². The van der Waals surface area contributed by atoms with Gasteiger partial charge in [0.1, 0.15) is 12.0 Å². The predicted octanol–water partition coefficient (Wildman–Crippen LogP) is 5.84. The molecule has 2 aromatic carbocycles. The molecule has 2 saturated heterocycles. The van der Waals surface area contributed by atoms with Crippen molar-refractivity contribution in [2.75, 3.05) is 12.4 Å². The molecule has 0 spiro atoms. The first-order valence-corrected chi connectivity index (χ1v) is 15.0. The lowest BCUT2D eigenvalue weighted by molar-refractivity contribution is -0.331. The fraction of sp³-hybridized carbons (Fsp3) is 0.212. The topological polar surface area (TPSA) is 104 Å². The van der Waals surface area contributed by atoms with Gasteiger partial charge in [0.25, 0.3) is 5.91 Å². The Morgan fingerprint density at radius 1 is 1.14 bits per heavy atom. The first-order chi connectivity index (χ1) is 21.2. The van der Waals surface area contributed by atoms with Crippen LogP contribution in [0.1, 0.15) is 40.2 Å². The van der Waals surface area contributed by atoms with E-state index in [1.54, 1.807) is 13.0 Å². The lowest BCUT2D eigenvalue weighted by atomic mass is 9.90. The summed E-state index contributed by atoms with van der Waals surface area (Å²) in [6.07, 6.45) is 3.78.